The molecule has 1 N–H and O–H groups in total. The SMILES string of the molecule is Ic1n[nH]c2ncc(-c3cncc(OC4CCCCC4)c3)cc12. The molecule has 4 rings (SSSR count). The molecule has 0 saturated heterocycles. The molecule has 0 aliphatic heterocycles. The molecule has 1 saturated carbocycles. The van der Waals surface area contributed by atoms with Crippen LogP contribution in [0.2, 0.25) is 0 Å². The van der Waals surface area contributed by atoms with Gasteiger partial charge in [-0.1, -0.05) is 6.42 Å². The van der Waals surface area contributed by atoms with Crippen LogP contribution >= 0.6 is 22.6 Å². The Labute approximate surface area is 148 Å². The molecular formula is C17H17IN4O. The number of H-pyrrole nitrogens is 1. The second-order valence-corrected chi connectivity index (χ2v) is 6.94. The van der Waals surface area contributed by atoms with Crippen LogP contribution in [0.3, 0.4) is 0 Å². The third kappa shape index (κ3) is 3.17. The molecule has 6 heteroatoms. The van der Waals surface area contributed by atoms with Gasteiger partial charge in [0.1, 0.15) is 9.45 Å². The Morgan fingerprint density at radius 1 is 1.04 bits per heavy atom. The van der Waals surface area contributed by atoms with Gasteiger partial charge in [-0.2, -0.15) is 5.10 Å². The van der Waals surface area contributed by atoms with Crippen molar-refractivity contribution in [1.82, 2.24) is 20.2 Å². The molecule has 3 heterocycles. The van der Waals surface area contributed by atoms with Crippen LogP contribution in [0.5, 0.6) is 5.75 Å². The highest BCUT2D eigenvalue weighted by Gasteiger charge is 2.15. The van der Waals surface area contributed by atoms with E-state index in [1.807, 2.05) is 12.4 Å². The highest BCUT2D eigenvalue weighted by Crippen LogP contribution is 2.28. The normalized spacial score (nSPS) is 15.9. The van der Waals surface area contributed by atoms with Crippen molar-refractivity contribution in [2.45, 2.75) is 38.2 Å². The van der Waals surface area contributed by atoms with Crippen LogP contribution < -0.4 is 4.74 Å². The van der Waals surface area contributed by atoms with Crippen LogP contribution in [0.25, 0.3) is 22.2 Å². The monoisotopic (exact) mass is 420 g/mol. The average molecular weight is 420 g/mol. The molecule has 0 amide bonds. The number of aromatic amines is 1. The molecule has 3 aromatic heterocycles. The number of hydrogen-bond donors (Lipinski definition) is 1. The maximum Gasteiger partial charge on any atom is 0.156 e. The van der Waals surface area contributed by atoms with Gasteiger partial charge in [-0.05, 0) is 60.4 Å². The molecule has 3 aromatic rings. The van der Waals surface area contributed by atoms with Gasteiger partial charge in [0.2, 0.25) is 0 Å². The summed E-state index contributed by atoms with van der Waals surface area (Å²) in [5.74, 6) is 0.844. The lowest BCUT2D eigenvalue weighted by Crippen LogP contribution is -2.19. The Morgan fingerprint density at radius 3 is 2.74 bits per heavy atom. The third-order valence-corrected chi connectivity index (χ3v) is 5.09. The van der Waals surface area contributed by atoms with Gasteiger partial charge in [-0.3, -0.25) is 10.1 Å². The maximum atomic E-state index is 6.11. The van der Waals surface area contributed by atoms with Gasteiger partial charge >= 0.3 is 0 Å². The number of rotatable bonds is 3. The van der Waals surface area contributed by atoms with E-state index in [9.17, 15) is 0 Å². The zero-order chi connectivity index (χ0) is 15.6. The smallest absolute Gasteiger partial charge is 0.156 e. The summed E-state index contributed by atoms with van der Waals surface area (Å²) in [5, 5.41) is 8.14. The predicted octanol–water partition coefficient (Wildman–Crippen LogP) is 4.34. The minimum atomic E-state index is 0.330. The van der Waals surface area contributed by atoms with Crippen molar-refractivity contribution in [2.24, 2.45) is 0 Å². The topological polar surface area (TPSA) is 63.7 Å². The first-order valence-corrected chi connectivity index (χ1v) is 8.99. The quantitative estimate of drug-likeness (QED) is 0.641. The van der Waals surface area contributed by atoms with Gasteiger partial charge in [-0.25, -0.2) is 4.98 Å². The second kappa shape index (κ2) is 6.43. The highest BCUT2D eigenvalue weighted by atomic mass is 127. The first-order chi connectivity index (χ1) is 11.3. The first kappa shape index (κ1) is 14.9. The summed E-state index contributed by atoms with van der Waals surface area (Å²) in [6.07, 6.45) is 12.0. The Balaban J connectivity index is 1.62. The molecule has 0 atom stereocenters. The van der Waals surface area contributed by atoms with Crippen molar-refractivity contribution in [3.05, 3.63) is 34.4 Å². The number of nitrogens with one attached hydrogen (secondary N) is 1. The fourth-order valence-electron chi connectivity index (χ4n) is 3.05. The maximum absolute atomic E-state index is 6.11. The highest BCUT2D eigenvalue weighted by molar-refractivity contribution is 14.1. The molecule has 0 bridgehead atoms. The average Bonchev–Trinajstić information content (AvgIpc) is 2.97. The number of halogens is 1. The van der Waals surface area contributed by atoms with Crippen molar-refractivity contribution in [3.8, 4) is 16.9 Å². The molecule has 0 unspecified atom stereocenters. The Kier molecular flexibility index (Phi) is 4.15. The van der Waals surface area contributed by atoms with Gasteiger partial charge in [0.25, 0.3) is 0 Å². The summed E-state index contributed by atoms with van der Waals surface area (Å²) in [6.45, 7) is 0. The molecule has 1 aliphatic carbocycles. The molecule has 0 radical (unpaired) electrons. The number of pyridine rings is 2. The Bertz CT molecular complexity index is 826. The zero-order valence-electron chi connectivity index (χ0n) is 12.6. The fraction of sp³-hybridized carbons (Fsp3) is 0.353. The molecule has 0 spiro atoms. The lowest BCUT2D eigenvalue weighted by molar-refractivity contribution is 0.154. The molecule has 5 nitrogen and oxygen atoms in total. The standard InChI is InChI=1S/C17H17IN4O/c18-16-15-7-12(9-20-17(15)22-21-16)11-6-14(10-19-8-11)23-13-4-2-1-3-5-13/h6-10,13H,1-5H2,(H,20,21,22). The molecule has 1 fully saturated rings. The lowest BCUT2D eigenvalue weighted by Gasteiger charge is -2.22. The number of fused-ring (bicyclic) bond motifs is 1. The summed E-state index contributed by atoms with van der Waals surface area (Å²) in [5.41, 5.74) is 2.85. The van der Waals surface area contributed by atoms with Gasteiger partial charge in [0.05, 0.1) is 17.7 Å². The van der Waals surface area contributed by atoms with E-state index in [4.69, 9.17) is 4.74 Å². The zero-order valence-corrected chi connectivity index (χ0v) is 14.8. The number of nitrogens with zero attached hydrogens (tertiary/aromatic N) is 3. The molecule has 23 heavy (non-hydrogen) atoms. The van der Waals surface area contributed by atoms with Crippen LogP contribution in [0, 0.1) is 3.70 Å². The number of aromatic nitrogens is 4. The summed E-state index contributed by atoms with van der Waals surface area (Å²) in [7, 11) is 0. The van der Waals surface area contributed by atoms with Crippen molar-refractivity contribution in [3.63, 3.8) is 0 Å². The van der Waals surface area contributed by atoms with E-state index in [0.29, 0.717) is 6.10 Å². The van der Waals surface area contributed by atoms with E-state index in [2.05, 4.69) is 54.9 Å². The van der Waals surface area contributed by atoms with E-state index < -0.39 is 0 Å². The van der Waals surface area contributed by atoms with Crippen LogP contribution in [-0.2, 0) is 0 Å². The van der Waals surface area contributed by atoms with Crippen molar-refractivity contribution >= 4 is 33.6 Å². The predicted molar refractivity (Wildman–Crippen MR) is 97.3 cm³/mol. The largest absolute Gasteiger partial charge is 0.489 e. The fourth-order valence-corrected chi connectivity index (χ4v) is 3.58. The van der Waals surface area contributed by atoms with Gasteiger partial charge in [0, 0.05) is 23.5 Å². The van der Waals surface area contributed by atoms with Gasteiger partial charge in [-0.15, -0.1) is 0 Å². The first-order valence-electron chi connectivity index (χ1n) is 7.91. The summed E-state index contributed by atoms with van der Waals surface area (Å²) in [6, 6.07) is 4.15. The van der Waals surface area contributed by atoms with E-state index >= 15 is 0 Å². The lowest BCUT2D eigenvalue weighted by atomic mass is 9.98. The van der Waals surface area contributed by atoms with Crippen LogP contribution in [-0.4, -0.2) is 26.3 Å². The minimum Gasteiger partial charge on any atom is -0.489 e. The molecule has 118 valence electrons. The van der Waals surface area contributed by atoms with Gasteiger partial charge in [0.15, 0.2) is 5.65 Å². The van der Waals surface area contributed by atoms with Crippen LogP contribution in [0.1, 0.15) is 32.1 Å². The van der Waals surface area contributed by atoms with Crippen LogP contribution in [0.4, 0.5) is 0 Å². The van der Waals surface area contributed by atoms with Crippen molar-refractivity contribution < 1.29 is 4.74 Å². The second-order valence-electron chi connectivity index (χ2n) is 5.92. The van der Waals surface area contributed by atoms with Crippen molar-refractivity contribution in [2.75, 3.05) is 0 Å². The van der Waals surface area contributed by atoms with E-state index in [1.165, 1.54) is 19.3 Å². The van der Waals surface area contributed by atoms with Crippen LogP contribution in [0.15, 0.2) is 30.7 Å². The van der Waals surface area contributed by atoms with E-state index in [1.54, 1.807) is 6.20 Å². The summed E-state index contributed by atoms with van der Waals surface area (Å²) in [4.78, 5) is 8.77. The van der Waals surface area contributed by atoms with E-state index in [0.717, 1.165) is 44.5 Å². The third-order valence-electron chi connectivity index (χ3n) is 4.27. The summed E-state index contributed by atoms with van der Waals surface area (Å²) < 4.78 is 7.04. The molecule has 1 aliphatic rings. The number of ether oxygens (including phenoxy) is 1. The molecular weight excluding hydrogens is 403 g/mol. The van der Waals surface area contributed by atoms with E-state index in [-0.39, 0.29) is 0 Å². The number of hydrogen-bond acceptors (Lipinski definition) is 4. The van der Waals surface area contributed by atoms with Crippen molar-refractivity contribution in [1.29, 1.82) is 0 Å². The summed E-state index contributed by atoms with van der Waals surface area (Å²) >= 11 is 2.21. The minimum absolute atomic E-state index is 0.330. The Hall–Kier alpha value is -1.70. The molecule has 0 aromatic carbocycles. The van der Waals surface area contributed by atoms with Gasteiger partial charge < -0.3 is 4.74 Å². The Morgan fingerprint density at radius 2 is 1.87 bits per heavy atom.